The standard InChI is InChI=1S/C10H14.C2H4O2.H2O/c1-10(2,3)9-7-5-4-6-8-9;1-2(3)4;/h4-8H,1-3H3;1H3,(H,3,4);1H2. The highest BCUT2D eigenvalue weighted by atomic mass is 16.4. The molecule has 0 saturated heterocycles. The fourth-order valence-corrected chi connectivity index (χ4v) is 0.938. The van der Waals surface area contributed by atoms with Crippen LogP contribution in [0.25, 0.3) is 0 Å². The molecule has 0 saturated carbocycles. The third-order valence-electron chi connectivity index (χ3n) is 1.64. The van der Waals surface area contributed by atoms with Gasteiger partial charge in [0.25, 0.3) is 5.97 Å². The van der Waals surface area contributed by atoms with E-state index in [0.29, 0.717) is 5.41 Å². The molecule has 3 N–H and O–H groups in total. The summed E-state index contributed by atoms with van der Waals surface area (Å²) in [5, 5.41) is 7.42. The molecule has 3 nitrogen and oxygen atoms in total. The molecule has 86 valence electrons. The number of carboxylic acids is 1. The molecule has 0 radical (unpaired) electrons. The SMILES string of the molecule is CC(=O)O.CC(C)(C)c1ccccc1.O. The number of rotatable bonds is 0. The zero-order valence-corrected chi connectivity index (χ0v) is 9.74. The smallest absolute Gasteiger partial charge is 0.300 e. The third kappa shape index (κ3) is 8.97. The summed E-state index contributed by atoms with van der Waals surface area (Å²) in [7, 11) is 0. The number of aliphatic carboxylic acids is 1. The molecule has 0 aliphatic carbocycles. The van der Waals surface area contributed by atoms with Gasteiger partial charge in [-0.2, -0.15) is 0 Å². The summed E-state index contributed by atoms with van der Waals surface area (Å²) < 4.78 is 0. The predicted molar refractivity (Wildman–Crippen MR) is 62.1 cm³/mol. The van der Waals surface area contributed by atoms with Crippen molar-refractivity contribution in [2.75, 3.05) is 0 Å². The van der Waals surface area contributed by atoms with E-state index in [-0.39, 0.29) is 5.48 Å². The fourth-order valence-electron chi connectivity index (χ4n) is 0.938. The molecule has 0 aliphatic rings. The Morgan fingerprint density at radius 1 is 1.13 bits per heavy atom. The Balaban J connectivity index is 0. The van der Waals surface area contributed by atoms with Crippen LogP contribution in [0.1, 0.15) is 33.3 Å². The first kappa shape index (κ1) is 16.1. The summed E-state index contributed by atoms with van der Waals surface area (Å²) >= 11 is 0. The molecule has 1 aromatic carbocycles. The summed E-state index contributed by atoms with van der Waals surface area (Å²) in [5.41, 5.74) is 1.69. The number of hydrogen-bond donors (Lipinski definition) is 1. The Morgan fingerprint density at radius 3 is 1.67 bits per heavy atom. The lowest BCUT2D eigenvalue weighted by Gasteiger charge is -2.18. The Morgan fingerprint density at radius 2 is 1.47 bits per heavy atom. The van der Waals surface area contributed by atoms with E-state index >= 15 is 0 Å². The van der Waals surface area contributed by atoms with Crippen LogP contribution in [-0.2, 0) is 10.2 Å². The van der Waals surface area contributed by atoms with Gasteiger partial charge in [-0.25, -0.2) is 0 Å². The molecule has 3 heteroatoms. The van der Waals surface area contributed by atoms with Crippen LogP contribution in [0, 0.1) is 0 Å². The van der Waals surface area contributed by atoms with E-state index in [0.717, 1.165) is 6.92 Å². The topological polar surface area (TPSA) is 68.8 Å². The average molecular weight is 212 g/mol. The van der Waals surface area contributed by atoms with Crippen molar-refractivity contribution in [3.05, 3.63) is 35.9 Å². The van der Waals surface area contributed by atoms with Gasteiger partial charge in [-0.1, -0.05) is 51.1 Å². The summed E-state index contributed by atoms with van der Waals surface area (Å²) in [6.07, 6.45) is 0. The van der Waals surface area contributed by atoms with Crippen LogP contribution in [0.4, 0.5) is 0 Å². The molecular weight excluding hydrogens is 192 g/mol. The number of benzene rings is 1. The second-order valence-corrected chi connectivity index (χ2v) is 4.14. The lowest BCUT2D eigenvalue weighted by atomic mass is 9.87. The van der Waals surface area contributed by atoms with Gasteiger partial charge in [-0.3, -0.25) is 4.79 Å². The maximum Gasteiger partial charge on any atom is 0.300 e. The van der Waals surface area contributed by atoms with E-state index in [9.17, 15) is 0 Å². The van der Waals surface area contributed by atoms with Crippen molar-refractivity contribution in [1.29, 1.82) is 0 Å². The minimum absolute atomic E-state index is 0. The highest BCUT2D eigenvalue weighted by Crippen LogP contribution is 2.20. The van der Waals surface area contributed by atoms with Gasteiger partial charge in [0, 0.05) is 6.92 Å². The fraction of sp³-hybridized carbons (Fsp3) is 0.417. The van der Waals surface area contributed by atoms with Crippen LogP contribution >= 0.6 is 0 Å². The first-order chi connectivity index (χ1) is 6.34. The molecule has 0 unspecified atom stereocenters. The Labute approximate surface area is 91.1 Å². The van der Waals surface area contributed by atoms with E-state index in [1.165, 1.54) is 5.56 Å². The largest absolute Gasteiger partial charge is 0.481 e. The zero-order chi connectivity index (χ0) is 11.2. The van der Waals surface area contributed by atoms with Crippen molar-refractivity contribution in [3.63, 3.8) is 0 Å². The first-order valence-corrected chi connectivity index (χ1v) is 4.59. The maximum atomic E-state index is 9.00. The van der Waals surface area contributed by atoms with E-state index in [1.54, 1.807) is 0 Å². The van der Waals surface area contributed by atoms with Gasteiger partial charge in [-0.15, -0.1) is 0 Å². The number of carboxylic acid groups (broad SMARTS) is 1. The highest BCUT2D eigenvalue weighted by Gasteiger charge is 2.11. The average Bonchev–Trinajstić information content (AvgIpc) is 2.03. The zero-order valence-electron chi connectivity index (χ0n) is 9.74. The van der Waals surface area contributed by atoms with Gasteiger partial charge in [0.1, 0.15) is 0 Å². The minimum atomic E-state index is -0.833. The van der Waals surface area contributed by atoms with Gasteiger partial charge < -0.3 is 10.6 Å². The Kier molecular flexibility index (Phi) is 7.52. The highest BCUT2D eigenvalue weighted by molar-refractivity contribution is 5.62. The molecule has 0 amide bonds. The quantitative estimate of drug-likeness (QED) is 0.716. The first-order valence-electron chi connectivity index (χ1n) is 4.59. The monoisotopic (exact) mass is 212 g/mol. The Hall–Kier alpha value is -1.35. The number of carbonyl (C=O) groups is 1. The van der Waals surface area contributed by atoms with E-state index in [2.05, 4.69) is 51.1 Å². The molecule has 15 heavy (non-hydrogen) atoms. The molecule has 0 spiro atoms. The Bertz CT molecular complexity index is 269. The van der Waals surface area contributed by atoms with Crippen LogP contribution < -0.4 is 0 Å². The van der Waals surface area contributed by atoms with Crippen molar-refractivity contribution in [1.82, 2.24) is 0 Å². The van der Waals surface area contributed by atoms with E-state index < -0.39 is 5.97 Å². The molecule has 1 aromatic rings. The van der Waals surface area contributed by atoms with Crippen LogP contribution in [0.3, 0.4) is 0 Å². The lowest BCUT2D eigenvalue weighted by Crippen LogP contribution is -2.10. The van der Waals surface area contributed by atoms with Crippen LogP contribution in [0.5, 0.6) is 0 Å². The molecule has 1 rings (SSSR count). The summed E-state index contributed by atoms with van der Waals surface area (Å²) in [5.74, 6) is -0.833. The van der Waals surface area contributed by atoms with Crippen molar-refractivity contribution < 1.29 is 15.4 Å². The molecule has 0 fully saturated rings. The third-order valence-corrected chi connectivity index (χ3v) is 1.64. The summed E-state index contributed by atoms with van der Waals surface area (Å²) in [6.45, 7) is 7.76. The van der Waals surface area contributed by atoms with Gasteiger partial charge in [0.15, 0.2) is 0 Å². The molecule has 0 aromatic heterocycles. The van der Waals surface area contributed by atoms with E-state index in [4.69, 9.17) is 9.90 Å². The van der Waals surface area contributed by atoms with E-state index in [1.807, 2.05) is 0 Å². The second kappa shape index (κ2) is 7.01. The normalized spacial score (nSPS) is 9.33. The molecule has 0 aliphatic heterocycles. The summed E-state index contributed by atoms with van der Waals surface area (Å²) in [4.78, 5) is 9.00. The summed E-state index contributed by atoms with van der Waals surface area (Å²) in [6, 6.07) is 10.6. The molecular formula is C12H20O3. The van der Waals surface area contributed by atoms with Gasteiger partial charge in [-0.05, 0) is 11.0 Å². The van der Waals surface area contributed by atoms with Crippen LogP contribution in [-0.4, -0.2) is 16.6 Å². The molecule has 0 bridgehead atoms. The van der Waals surface area contributed by atoms with Crippen molar-refractivity contribution >= 4 is 5.97 Å². The molecule has 0 atom stereocenters. The lowest BCUT2D eigenvalue weighted by molar-refractivity contribution is -0.134. The van der Waals surface area contributed by atoms with Crippen LogP contribution in [0.2, 0.25) is 0 Å². The van der Waals surface area contributed by atoms with Gasteiger partial charge in [0.05, 0.1) is 0 Å². The van der Waals surface area contributed by atoms with Crippen molar-refractivity contribution in [2.24, 2.45) is 0 Å². The predicted octanol–water partition coefficient (Wildman–Crippen LogP) is 2.25. The molecule has 0 heterocycles. The minimum Gasteiger partial charge on any atom is -0.481 e. The maximum absolute atomic E-state index is 9.00. The van der Waals surface area contributed by atoms with Crippen LogP contribution in [0.15, 0.2) is 30.3 Å². The van der Waals surface area contributed by atoms with Crippen molar-refractivity contribution in [2.45, 2.75) is 33.1 Å². The van der Waals surface area contributed by atoms with Gasteiger partial charge in [0.2, 0.25) is 0 Å². The second-order valence-electron chi connectivity index (χ2n) is 4.14. The number of hydrogen-bond acceptors (Lipinski definition) is 1. The van der Waals surface area contributed by atoms with Gasteiger partial charge >= 0.3 is 0 Å². The van der Waals surface area contributed by atoms with Crippen molar-refractivity contribution in [3.8, 4) is 0 Å².